The van der Waals surface area contributed by atoms with Crippen molar-refractivity contribution in [2.75, 3.05) is 18.5 Å². The van der Waals surface area contributed by atoms with E-state index in [1.54, 1.807) is 6.20 Å². The van der Waals surface area contributed by atoms with Crippen LogP contribution in [-0.2, 0) is 6.54 Å². The topological polar surface area (TPSA) is 81.8 Å². The SMILES string of the molecule is Cc1cc(CN=C(N)Nc2ccc3c(c2)OCCCO3)ccn1. The van der Waals surface area contributed by atoms with E-state index < -0.39 is 0 Å². The van der Waals surface area contributed by atoms with Crippen molar-refractivity contribution in [2.24, 2.45) is 10.7 Å². The number of pyridine rings is 1. The Bertz CT molecular complexity index is 715. The molecular formula is C17H20N4O2. The number of benzene rings is 1. The van der Waals surface area contributed by atoms with E-state index in [4.69, 9.17) is 15.2 Å². The van der Waals surface area contributed by atoms with Gasteiger partial charge in [0.1, 0.15) is 0 Å². The lowest BCUT2D eigenvalue weighted by Crippen LogP contribution is -2.22. The Balaban J connectivity index is 1.66. The van der Waals surface area contributed by atoms with Gasteiger partial charge in [0.25, 0.3) is 0 Å². The molecule has 1 aromatic heterocycles. The number of hydrogen-bond donors (Lipinski definition) is 2. The van der Waals surface area contributed by atoms with Crippen LogP contribution < -0.4 is 20.5 Å². The number of hydrogen-bond acceptors (Lipinski definition) is 4. The van der Waals surface area contributed by atoms with E-state index in [0.29, 0.717) is 25.7 Å². The Kier molecular flexibility index (Phi) is 4.61. The van der Waals surface area contributed by atoms with Crippen LogP contribution in [0.2, 0.25) is 0 Å². The summed E-state index contributed by atoms with van der Waals surface area (Å²) in [5.41, 5.74) is 8.81. The maximum atomic E-state index is 5.95. The molecule has 3 N–H and O–H groups in total. The van der Waals surface area contributed by atoms with E-state index in [0.717, 1.165) is 34.9 Å². The molecule has 0 spiro atoms. The number of aryl methyl sites for hydroxylation is 1. The average molecular weight is 312 g/mol. The van der Waals surface area contributed by atoms with Crippen molar-refractivity contribution in [1.29, 1.82) is 0 Å². The second-order valence-corrected chi connectivity index (χ2v) is 5.34. The van der Waals surface area contributed by atoms with Gasteiger partial charge in [-0.1, -0.05) is 0 Å². The van der Waals surface area contributed by atoms with Crippen LogP contribution in [0.4, 0.5) is 5.69 Å². The first-order valence-electron chi connectivity index (χ1n) is 7.59. The molecule has 0 fully saturated rings. The summed E-state index contributed by atoms with van der Waals surface area (Å²) in [5, 5.41) is 3.07. The molecule has 6 nitrogen and oxygen atoms in total. The fraction of sp³-hybridized carbons (Fsp3) is 0.294. The van der Waals surface area contributed by atoms with Crippen molar-refractivity contribution < 1.29 is 9.47 Å². The molecule has 2 heterocycles. The smallest absolute Gasteiger partial charge is 0.193 e. The molecule has 0 saturated heterocycles. The lowest BCUT2D eigenvalue weighted by molar-refractivity contribution is 0.297. The van der Waals surface area contributed by atoms with Crippen LogP contribution in [0.1, 0.15) is 17.7 Å². The molecule has 0 saturated carbocycles. The van der Waals surface area contributed by atoms with Gasteiger partial charge in [0.15, 0.2) is 17.5 Å². The summed E-state index contributed by atoms with van der Waals surface area (Å²) in [6.07, 6.45) is 2.65. The minimum atomic E-state index is 0.356. The number of anilines is 1. The summed E-state index contributed by atoms with van der Waals surface area (Å²) >= 11 is 0. The molecule has 6 heteroatoms. The second-order valence-electron chi connectivity index (χ2n) is 5.34. The normalized spacial score (nSPS) is 14.2. The minimum absolute atomic E-state index is 0.356. The fourth-order valence-electron chi connectivity index (χ4n) is 2.31. The van der Waals surface area contributed by atoms with Crippen molar-refractivity contribution in [3.63, 3.8) is 0 Å². The third kappa shape index (κ3) is 4.12. The molecule has 0 unspecified atom stereocenters. The maximum Gasteiger partial charge on any atom is 0.193 e. The Morgan fingerprint density at radius 1 is 1.22 bits per heavy atom. The highest BCUT2D eigenvalue weighted by atomic mass is 16.5. The zero-order valence-corrected chi connectivity index (χ0v) is 13.1. The summed E-state index contributed by atoms with van der Waals surface area (Å²) in [7, 11) is 0. The number of aromatic nitrogens is 1. The Labute approximate surface area is 135 Å². The first-order chi connectivity index (χ1) is 11.2. The first kappa shape index (κ1) is 15.1. The zero-order valence-electron chi connectivity index (χ0n) is 13.1. The lowest BCUT2D eigenvalue weighted by Gasteiger charge is -2.10. The van der Waals surface area contributed by atoms with E-state index in [1.807, 2.05) is 37.3 Å². The summed E-state index contributed by atoms with van der Waals surface area (Å²) in [5.74, 6) is 1.84. The number of ether oxygens (including phenoxy) is 2. The van der Waals surface area contributed by atoms with Crippen LogP contribution in [0.3, 0.4) is 0 Å². The van der Waals surface area contributed by atoms with E-state index in [9.17, 15) is 0 Å². The molecular weight excluding hydrogens is 292 g/mol. The molecule has 1 aliphatic heterocycles. The Morgan fingerprint density at radius 3 is 2.87 bits per heavy atom. The largest absolute Gasteiger partial charge is 0.490 e. The van der Waals surface area contributed by atoms with E-state index in [1.165, 1.54) is 0 Å². The van der Waals surface area contributed by atoms with Crippen molar-refractivity contribution in [3.8, 4) is 11.5 Å². The molecule has 0 aliphatic carbocycles. The number of fused-ring (bicyclic) bond motifs is 1. The van der Waals surface area contributed by atoms with E-state index in [2.05, 4.69) is 15.3 Å². The van der Waals surface area contributed by atoms with Crippen LogP contribution in [0.5, 0.6) is 11.5 Å². The molecule has 2 aromatic rings. The van der Waals surface area contributed by atoms with Crippen molar-refractivity contribution >= 4 is 11.6 Å². The van der Waals surface area contributed by atoms with Gasteiger partial charge in [-0.05, 0) is 36.8 Å². The number of nitrogens with two attached hydrogens (primary N) is 1. The number of nitrogens with one attached hydrogen (secondary N) is 1. The molecule has 3 rings (SSSR count). The van der Waals surface area contributed by atoms with Gasteiger partial charge in [-0.3, -0.25) is 4.98 Å². The van der Waals surface area contributed by atoms with Gasteiger partial charge < -0.3 is 20.5 Å². The Morgan fingerprint density at radius 2 is 2.04 bits per heavy atom. The van der Waals surface area contributed by atoms with Gasteiger partial charge in [0.05, 0.1) is 19.8 Å². The maximum absolute atomic E-state index is 5.95. The molecule has 1 aliphatic rings. The van der Waals surface area contributed by atoms with Crippen LogP contribution in [0, 0.1) is 6.92 Å². The minimum Gasteiger partial charge on any atom is -0.490 e. The predicted molar refractivity (Wildman–Crippen MR) is 90.0 cm³/mol. The highest BCUT2D eigenvalue weighted by Gasteiger charge is 2.10. The van der Waals surface area contributed by atoms with E-state index in [-0.39, 0.29) is 0 Å². The molecule has 0 bridgehead atoms. The lowest BCUT2D eigenvalue weighted by atomic mass is 10.2. The van der Waals surface area contributed by atoms with Crippen LogP contribution in [-0.4, -0.2) is 24.2 Å². The number of aliphatic imine (C=N–C) groups is 1. The van der Waals surface area contributed by atoms with Crippen LogP contribution in [0.15, 0.2) is 41.5 Å². The van der Waals surface area contributed by atoms with Gasteiger partial charge in [0.2, 0.25) is 0 Å². The standard InChI is InChI=1S/C17H20N4O2/c1-12-9-13(5-6-19-12)11-20-17(18)21-14-3-4-15-16(10-14)23-8-2-7-22-15/h3-6,9-10H,2,7-8,11H2,1H3,(H3,18,20,21). The van der Waals surface area contributed by atoms with Crippen molar-refractivity contribution in [3.05, 3.63) is 47.8 Å². The summed E-state index contributed by atoms with van der Waals surface area (Å²) in [4.78, 5) is 8.51. The van der Waals surface area contributed by atoms with Crippen LogP contribution in [0.25, 0.3) is 0 Å². The van der Waals surface area contributed by atoms with Gasteiger partial charge in [-0.15, -0.1) is 0 Å². The highest BCUT2D eigenvalue weighted by Crippen LogP contribution is 2.32. The average Bonchev–Trinajstić information content (AvgIpc) is 2.78. The van der Waals surface area contributed by atoms with Crippen molar-refractivity contribution in [1.82, 2.24) is 4.98 Å². The third-order valence-electron chi connectivity index (χ3n) is 3.41. The van der Waals surface area contributed by atoms with Gasteiger partial charge in [-0.2, -0.15) is 0 Å². The predicted octanol–water partition coefficient (Wildman–Crippen LogP) is 2.48. The summed E-state index contributed by atoms with van der Waals surface area (Å²) < 4.78 is 11.3. The summed E-state index contributed by atoms with van der Waals surface area (Å²) in [6.45, 7) is 3.79. The monoisotopic (exact) mass is 312 g/mol. The number of rotatable bonds is 3. The molecule has 1 aromatic carbocycles. The third-order valence-corrected chi connectivity index (χ3v) is 3.41. The van der Waals surface area contributed by atoms with Gasteiger partial charge >= 0.3 is 0 Å². The summed E-state index contributed by atoms with van der Waals surface area (Å²) in [6, 6.07) is 9.57. The zero-order chi connectivity index (χ0) is 16.1. The van der Waals surface area contributed by atoms with Crippen LogP contribution >= 0.6 is 0 Å². The highest BCUT2D eigenvalue weighted by molar-refractivity contribution is 5.92. The van der Waals surface area contributed by atoms with Gasteiger partial charge in [0, 0.05) is 30.1 Å². The molecule has 0 radical (unpaired) electrons. The Hall–Kier alpha value is -2.76. The quantitative estimate of drug-likeness (QED) is 0.672. The fourth-order valence-corrected chi connectivity index (χ4v) is 2.31. The molecule has 0 amide bonds. The van der Waals surface area contributed by atoms with E-state index >= 15 is 0 Å². The molecule has 120 valence electrons. The second kappa shape index (κ2) is 7.00. The number of guanidine groups is 1. The molecule has 23 heavy (non-hydrogen) atoms. The molecule has 0 atom stereocenters. The number of nitrogens with zero attached hydrogens (tertiary/aromatic N) is 2. The van der Waals surface area contributed by atoms with Gasteiger partial charge in [-0.25, -0.2) is 4.99 Å². The first-order valence-corrected chi connectivity index (χ1v) is 7.59. The van der Waals surface area contributed by atoms with Crippen molar-refractivity contribution in [2.45, 2.75) is 19.9 Å².